The molecule has 16 heteroatoms. The van der Waals surface area contributed by atoms with Crippen molar-refractivity contribution >= 4 is 28.7 Å². The van der Waals surface area contributed by atoms with E-state index in [2.05, 4.69) is 20.3 Å². The Balaban J connectivity index is 1.49. The monoisotopic (exact) mass is 585 g/mol. The minimum absolute atomic E-state index is 0.0135. The number of aliphatic imine (C=N–C) groups is 1. The van der Waals surface area contributed by atoms with Gasteiger partial charge in [-0.25, -0.2) is 14.4 Å². The Morgan fingerprint density at radius 2 is 1.88 bits per heavy atom. The topological polar surface area (TPSA) is 127 Å². The van der Waals surface area contributed by atoms with Crippen LogP contribution in [0.4, 0.5) is 36.6 Å². The van der Waals surface area contributed by atoms with Gasteiger partial charge in [0.2, 0.25) is 0 Å². The number of fused-ring (bicyclic) bond motifs is 1. The molecule has 3 aromatic rings. The Kier molecular flexibility index (Phi) is 8.03. The van der Waals surface area contributed by atoms with E-state index in [1.165, 1.54) is 22.9 Å². The fourth-order valence-corrected chi connectivity index (χ4v) is 4.22. The van der Waals surface area contributed by atoms with Gasteiger partial charge in [0.25, 0.3) is 11.5 Å². The molecule has 3 heterocycles. The number of nitrogens with two attached hydrogens (primary N) is 1. The normalized spacial score (nSPS) is 15.2. The number of nitrogens with one attached hydrogen (secondary N) is 2. The van der Waals surface area contributed by atoms with Crippen LogP contribution >= 0.6 is 0 Å². The number of pyridine rings is 1. The minimum atomic E-state index is -4.90. The van der Waals surface area contributed by atoms with Crippen molar-refractivity contribution in [2.75, 3.05) is 12.4 Å². The highest BCUT2D eigenvalue weighted by molar-refractivity contribution is 6.01. The number of alkyl halides is 6. The first-order chi connectivity index (χ1) is 19.2. The molecule has 0 aliphatic carbocycles. The molecule has 1 aliphatic rings. The number of nitrogen functional groups attached to an aromatic ring is 1. The molecule has 1 atom stereocenters. The number of carbonyl (C=O) groups excluding carboxylic acids is 1. The largest absolute Gasteiger partial charge is 0.423 e. The van der Waals surface area contributed by atoms with Crippen LogP contribution in [0.2, 0.25) is 0 Å². The fraction of sp³-hybridized carbons (Fsp3) is 0.320. The lowest BCUT2D eigenvalue weighted by molar-refractivity contribution is -0.137. The summed E-state index contributed by atoms with van der Waals surface area (Å²) in [5, 5.41) is 4.96. The first-order valence-corrected chi connectivity index (χ1v) is 12.1. The molecule has 0 unspecified atom stereocenters. The van der Waals surface area contributed by atoms with E-state index in [4.69, 9.17) is 5.73 Å². The molecular formula is C25H22F7N7O2. The van der Waals surface area contributed by atoms with Gasteiger partial charge in [0.15, 0.2) is 5.82 Å². The molecule has 0 spiro atoms. The third kappa shape index (κ3) is 6.47. The molecule has 218 valence electrons. The zero-order chi connectivity index (χ0) is 30.1. The molecule has 41 heavy (non-hydrogen) atoms. The van der Waals surface area contributed by atoms with E-state index >= 15 is 0 Å². The molecule has 0 bridgehead atoms. The minimum Gasteiger partial charge on any atom is -0.383 e. The molecule has 0 radical (unpaired) electrons. The molecule has 1 aliphatic heterocycles. The van der Waals surface area contributed by atoms with E-state index in [-0.39, 0.29) is 35.4 Å². The van der Waals surface area contributed by atoms with Gasteiger partial charge in [-0.2, -0.15) is 26.3 Å². The highest BCUT2D eigenvalue weighted by Crippen LogP contribution is 2.34. The Morgan fingerprint density at radius 3 is 2.54 bits per heavy atom. The van der Waals surface area contributed by atoms with Crippen LogP contribution in [-0.4, -0.2) is 45.5 Å². The molecule has 2 aromatic heterocycles. The number of amides is 1. The lowest BCUT2D eigenvalue weighted by atomic mass is 10.1. The SMILES string of the molecule is C[C@@H](CCCn1ccc2cc(-c3ncc(C(F)(F)F)c(N)n3)c(F)cc2c1=O)NC1=C(C(F)(F)F)C(=O)NCN=C1. The van der Waals surface area contributed by atoms with E-state index in [1.807, 2.05) is 5.32 Å². The number of aromatic nitrogens is 3. The number of rotatable bonds is 7. The molecule has 1 aromatic carbocycles. The molecule has 4 N–H and O–H groups in total. The van der Waals surface area contributed by atoms with Crippen LogP contribution in [0.5, 0.6) is 0 Å². The summed E-state index contributed by atoms with van der Waals surface area (Å²) in [4.78, 5) is 35.7. The average Bonchev–Trinajstić information content (AvgIpc) is 3.05. The third-order valence-corrected chi connectivity index (χ3v) is 6.20. The summed E-state index contributed by atoms with van der Waals surface area (Å²) < 4.78 is 95.2. The predicted octanol–water partition coefficient (Wildman–Crippen LogP) is 3.93. The zero-order valence-electron chi connectivity index (χ0n) is 21.2. The summed E-state index contributed by atoms with van der Waals surface area (Å²) in [6.45, 7) is 1.45. The third-order valence-electron chi connectivity index (χ3n) is 6.20. The Morgan fingerprint density at radius 1 is 1.15 bits per heavy atom. The number of hydrogen-bond donors (Lipinski definition) is 3. The van der Waals surface area contributed by atoms with Gasteiger partial charge >= 0.3 is 12.4 Å². The van der Waals surface area contributed by atoms with Crippen LogP contribution in [0, 0.1) is 5.82 Å². The smallest absolute Gasteiger partial charge is 0.383 e. The van der Waals surface area contributed by atoms with Crippen LogP contribution in [0.15, 0.2) is 51.6 Å². The van der Waals surface area contributed by atoms with Crippen molar-refractivity contribution in [3.05, 3.63) is 63.6 Å². The fourth-order valence-electron chi connectivity index (χ4n) is 4.22. The predicted molar refractivity (Wildman–Crippen MR) is 135 cm³/mol. The second-order valence-electron chi connectivity index (χ2n) is 9.17. The molecule has 0 saturated heterocycles. The van der Waals surface area contributed by atoms with Gasteiger partial charge in [-0.3, -0.25) is 14.6 Å². The summed E-state index contributed by atoms with van der Waals surface area (Å²) in [5.74, 6) is -3.51. The van der Waals surface area contributed by atoms with Crippen LogP contribution in [0.1, 0.15) is 25.3 Å². The number of anilines is 1. The highest BCUT2D eigenvalue weighted by Gasteiger charge is 2.42. The van der Waals surface area contributed by atoms with Crippen molar-refractivity contribution in [2.24, 2.45) is 4.99 Å². The van der Waals surface area contributed by atoms with Gasteiger partial charge in [-0.15, -0.1) is 0 Å². The van der Waals surface area contributed by atoms with Gasteiger partial charge in [0.1, 0.15) is 29.4 Å². The zero-order valence-corrected chi connectivity index (χ0v) is 21.2. The first-order valence-electron chi connectivity index (χ1n) is 12.1. The lowest BCUT2D eigenvalue weighted by Gasteiger charge is -2.19. The molecule has 0 fully saturated rings. The summed E-state index contributed by atoms with van der Waals surface area (Å²) in [6, 6.07) is 3.11. The lowest BCUT2D eigenvalue weighted by Crippen LogP contribution is -2.36. The number of hydrogen-bond acceptors (Lipinski definition) is 7. The van der Waals surface area contributed by atoms with Crippen molar-refractivity contribution < 1.29 is 35.5 Å². The van der Waals surface area contributed by atoms with Crippen LogP contribution < -0.4 is 21.9 Å². The Hall–Kier alpha value is -4.50. The van der Waals surface area contributed by atoms with Crippen LogP contribution in [0.3, 0.4) is 0 Å². The molecular weight excluding hydrogens is 563 g/mol. The maximum atomic E-state index is 14.9. The maximum absolute atomic E-state index is 14.9. The standard InChI is InChI=1S/C25H22F7N7O2/c1-12(37-18-10-34-11-36-22(40)19(18)25(30,31)32)3-2-5-39-6-4-13-7-15(17(26)8-14(13)23(39)41)21-35-9-16(20(33)38-21)24(27,28)29/h4,6-10,12,37H,2-3,5,11H2,1H3,(H,36,40)(H2,33,35,38)/t12-/m0/s1. The summed E-state index contributed by atoms with van der Waals surface area (Å²) in [5.41, 5.74) is 1.46. The number of carbonyl (C=O) groups is 1. The number of benzene rings is 1. The average molecular weight is 585 g/mol. The number of nitrogens with zero attached hydrogens (tertiary/aromatic N) is 4. The van der Waals surface area contributed by atoms with Gasteiger partial charge < -0.3 is 20.9 Å². The molecule has 4 rings (SSSR count). The molecule has 9 nitrogen and oxygen atoms in total. The Bertz CT molecular complexity index is 1610. The van der Waals surface area contributed by atoms with E-state index in [0.717, 1.165) is 12.3 Å². The van der Waals surface area contributed by atoms with Crippen molar-refractivity contribution in [3.63, 3.8) is 0 Å². The molecule has 0 saturated carbocycles. The number of halogens is 7. The van der Waals surface area contributed by atoms with E-state index in [1.54, 1.807) is 6.92 Å². The summed E-state index contributed by atoms with van der Waals surface area (Å²) in [7, 11) is 0. The summed E-state index contributed by atoms with van der Waals surface area (Å²) in [6.07, 6.45) is -6.23. The van der Waals surface area contributed by atoms with Crippen LogP contribution in [0.25, 0.3) is 22.2 Å². The van der Waals surface area contributed by atoms with Crippen LogP contribution in [-0.2, 0) is 17.5 Å². The Labute approximate surface area is 227 Å². The first kappa shape index (κ1) is 29.5. The maximum Gasteiger partial charge on any atom is 0.423 e. The van der Waals surface area contributed by atoms with Crippen molar-refractivity contribution in [3.8, 4) is 11.4 Å². The van der Waals surface area contributed by atoms with E-state index in [0.29, 0.717) is 19.0 Å². The van der Waals surface area contributed by atoms with Gasteiger partial charge in [-0.1, -0.05) is 0 Å². The van der Waals surface area contributed by atoms with Gasteiger partial charge in [0.05, 0.1) is 16.6 Å². The second-order valence-corrected chi connectivity index (χ2v) is 9.17. The number of aryl methyl sites for hydroxylation is 1. The van der Waals surface area contributed by atoms with Gasteiger partial charge in [-0.05, 0) is 43.4 Å². The molecule has 1 amide bonds. The van der Waals surface area contributed by atoms with E-state index < -0.39 is 58.3 Å². The quantitative estimate of drug-likeness (QED) is 0.361. The van der Waals surface area contributed by atoms with Gasteiger partial charge in [0, 0.05) is 31.2 Å². The van der Waals surface area contributed by atoms with Crippen molar-refractivity contribution in [1.82, 2.24) is 25.2 Å². The highest BCUT2D eigenvalue weighted by atomic mass is 19.4. The van der Waals surface area contributed by atoms with E-state index in [9.17, 15) is 40.3 Å². The number of allylic oxidation sites excluding steroid dienone is 1. The van der Waals surface area contributed by atoms with Crippen molar-refractivity contribution in [1.29, 1.82) is 0 Å². The second kappa shape index (κ2) is 11.2. The van der Waals surface area contributed by atoms with Crippen molar-refractivity contribution in [2.45, 2.75) is 44.7 Å². The summed E-state index contributed by atoms with van der Waals surface area (Å²) >= 11 is 0.